The van der Waals surface area contributed by atoms with Gasteiger partial charge in [0.1, 0.15) is 0 Å². The molecule has 0 saturated heterocycles. The smallest absolute Gasteiger partial charge is 0.0419 e. The van der Waals surface area contributed by atoms with Crippen molar-refractivity contribution in [2.75, 3.05) is 18.4 Å². The first-order valence-electron chi connectivity index (χ1n) is 4.63. The molecule has 13 heavy (non-hydrogen) atoms. The minimum Gasteiger partial charge on any atom is -0.384 e. The molecule has 70 valence electrons. The highest BCUT2D eigenvalue weighted by Gasteiger charge is 2.11. The number of fused-ring (bicyclic) bond motifs is 1. The molecule has 0 saturated carbocycles. The quantitative estimate of drug-likeness (QED) is 0.620. The summed E-state index contributed by atoms with van der Waals surface area (Å²) in [5, 5.41) is 3.31. The zero-order chi connectivity index (χ0) is 9.26. The molecule has 0 amide bonds. The highest BCUT2D eigenvalue weighted by atomic mass is 14.9. The van der Waals surface area contributed by atoms with E-state index in [1.807, 2.05) is 0 Å². The van der Waals surface area contributed by atoms with Crippen LogP contribution in [0.4, 0.5) is 5.69 Å². The van der Waals surface area contributed by atoms with E-state index in [-0.39, 0.29) is 6.04 Å². The van der Waals surface area contributed by atoms with Crippen LogP contribution in [0, 0.1) is 0 Å². The van der Waals surface area contributed by atoms with Gasteiger partial charge in [0.05, 0.1) is 0 Å². The first-order valence-corrected chi connectivity index (χ1v) is 4.63. The van der Waals surface area contributed by atoms with Crippen LogP contribution in [0.5, 0.6) is 0 Å². The Kier molecular flexibility index (Phi) is 2.20. The lowest BCUT2D eigenvalue weighted by molar-refractivity contribution is 0.736. The molecule has 1 aliphatic rings. The van der Waals surface area contributed by atoms with E-state index in [0.29, 0.717) is 6.54 Å². The van der Waals surface area contributed by atoms with Gasteiger partial charge in [-0.25, -0.2) is 0 Å². The Morgan fingerprint density at radius 3 is 3.08 bits per heavy atom. The van der Waals surface area contributed by atoms with Crippen LogP contribution >= 0.6 is 0 Å². The van der Waals surface area contributed by atoms with Gasteiger partial charge in [-0.3, -0.25) is 0 Å². The highest BCUT2D eigenvalue weighted by molar-refractivity contribution is 5.56. The monoisotopic (exact) mass is 177 g/mol. The van der Waals surface area contributed by atoms with Crippen molar-refractivity contribution in [1.82, 2.24) is 0 Å². The van der Waals surface area contributed by atoms with E-state index in [9.17, 15) is 0 Å². The van der Waals surface area contributed by atoms with Gasteiger partial charge in [-0.15, -0.1) is 0 Å². The maximum Gasteiger partial charge on any atom is 0.0419 e. The van der Waals surface area contributed by atoms with Crippen LogP contribution in [-0.4, -0.2) is 13.1 Å². The van der Waals surface area contributed by atoms with Crippen LogP contribution in [-0.2, 0) is 6.42 Å². The van der Waals surface area contributed by atoms with Gasteiger partial charge in [0, 0.05) is 24.8 Å². The van der Waals surface area contributed by atoms with Crippen molar-refractivity contribution in [3.63, 3.8) is 0 Å². The van der Waals surface area contributed by atoms with E-state index < -0.39 is 0 Å². The van der Waals surface area contributed by atoms with Crippen molar-refractivity contribution in [2.24, 2.45) is 11.5 Å². The average molecular weight is 177 g/mol. The minimum atomic E-state index is -0.0223. The average Bonchev–Trinajstić information content (AvgIpc) is 2.63. The van der Waals surface area contributed by atoms with Crippen molar-refractivity contribution >= 4 is 5.69 Å². The zero-order valence-electron chi connectivity index (χ0n) is 7.59. The molecule has 3 nitrogen and oxygen atoms in total. The summed E-state index contributed by atoms with van der Waals surface area (Å²) in [5.74, 6) is 0. The van der Waals surface area contributed by atoms with Gasteiger partial charge >= 0.3 is 0 Å². The SMILES string of the molecule is NC[C@@H](N)c1ccc2c(c1)CCN2. The Morgan fingerprint density at radius 1 is 1.46 bits per heavy atom. The molecule has 1 heterocycles. The molecular weight excluding hydrogens is 162 g/mol. The molecule has 2 rings (SSSR count). The van der Waals surface area contributed by atoms with E-state index in [0.717, 1.165) is 18.5 Å². The molecule has 0 unspecified atom stereocenters. The van der Waals surface area contributed by atoms with E-state index in [2.05, 4.69) is 23.5 Å². The molecule has 0 bridgehead atoms. The number of benzene rings is 1. The number of hydrogen-bond acceptors (Lipinski definition) is 3. The summed E-state index contributed by atoms with van der Waals surface area (Å²) in [6.45, 7) is 1.54. The van der Waals surface area contributed by atoms with Crippen LogP contribution in [0.15, 0.2) is 18.2 Å². The van der Waals surface area contributed by atoms with Crippen LogP contribution in [0.2, 0.25) is 0 Å². The summed E-state index contributed by atoms with van der Waals surface area (Å²) in [6, 6.07) is 6.28. The van der Waals surface area contributed by atoms with Crippen molar-refractivity contribution in [1.29, 1.82) is 0 Å². The maximum atomic E-state index is 5.84. The Labute approximate surface area is 78.1 Å². The van der Waals surface area contributed by atoms with E-state index in [1.165, 1.54) is 11.3 Å². The Morgan fingerprint density at radius 2 is 2.31 bits per heavy atom. The Balaban J connectivity index is 2.30. The van der Waals surface area contributed by atoms with Crippen LogP contribution in [0.3, 0.4) is 0 Å². The second-order valence-electron chi connectivity index (χ2n) is 3.44. The summed E-state index contributed by atoms with van der Waals surface area (Å²) in [4.78, 5) is 0. The third kappa shape index (κ3) is 1.53. The Bertz CT molecular complexity index is 309. The second kappa shape index (κ2) is 3.36. The van der Waals surface area contributed by atoms with Crippen LogP contribution in [0.25, 0.3) is 0 Å². The topological polar surface area (TPSA) is 64.1 Å². The zero-order valence-corrected chi connectivity index (χ0v) is 7.59. The molecule has 1 aliphatic heterocycles. The number of hydrogen-bond donors (Lipinski definition) is 3. The summed E-state index contributed by atoms with van der Waals surface area (Å²) < 4.78 is 0. The standard InChI is InChI=1S/C10H15N3/c11-6-9(12)7-1-2-10-8(5-7)3-4-13-10/h1-2,5,9,13H,3-4,6,11-12H2/t9-/m1/s1. The lowest BCUT2D eigenvalue weighted by Crippen LogP contribution is -2.20. The van der Waals surface area contributed by atoms with E-state index >= 15 is 0 Å². The van der Waals surface area contributed by atoms with Gasteiger partial charge in [-0.1, -0.05) is 12.1 Å². The van der Waals surface area contributed by atoms with Crippen molar-refractivity contribution in [3.05, 3.63) is 29.3 Å². The number of rotatable bonds is 2. The summed E-state index contributed by atoms with van der Waals surface area (Å²) in [7, 11) is 0. The molecule has 0 aromatic heterocycles. The fourth-order valence-electron chi connectivity index (χ4n) is 1.69. The molecule has 0 radical (unpaired) electrons. The van der Waals surface area contributed by atoms with E-state index in [4.69, 9.17) is 11.5 Å². The fourth-order valence-corrected chi connectivity index (χ4v) is 1.69. The Hall–Kier alpha value is -1.06. The molecule has 0 spiro atoms. The van der Waals surface area contributed by atoms with Crippen molar-refractivity contribution in [3.8, 4) is 0 Å². The highest BCUT2D eigenvalue weighted by Crippen LogP contribution is 2.24. The van der Waals surface area contributed by atoms with Gasteiger partial charge < -0.3 is 16.8 Å². The van der Waals surface area contributed by atoms with Crippen LogP contribution in [0.1, 0.15) is 17.2 Å². The molecule has 0 aliphatic carbocycles. The normalized spacial score (nSPS) is 16.5. The summed E-state index contributed by atoms with van der Waals surface area (Å²) >= 11 is 0. The molecule has 5 N–H and O–H groups in total. The van der Waals surface area contributed by atoms with Gasteiger partial charge in [0.15, 0.2) is 0 Å². The fraction of sp³-hybridized carbons (Fsp3) is 0.400. The molecule has 1 atom stereocenters. The molecule has 1 aromatic rings. The number of nitrogens with one attached hydrogen (secondary N) is 1. The molecule has 3 heteroatoms. The number of anilines is 1. The van der Waals surface area contributed by atoms with Gasteiger partial charge in [-0.2, -0.15) is 0 Å². The van der Waals surface area contributed by atoms with E-state index in [1.54, 1.807) is 0 Å². The largest absolute Gasteiger partial charge is 0.384 e. The third-order valence-electron chi connectivity index (χ3n) is 2.52. The first kappa shape index (κ1) is 8.53. The van der Waals surface area contributed by atoms with Gasteiger partial charge in [0.25, 0.3) is 0 Å². The second-order valence-corrected chi connectivity index (χ2v) is 3.44. The molecule has 1 aromatic carbocycles. The van der Waals surface area contributed by atoms with Gasteiger partial charge in [0.2, 0.25) is 0 Å². The number of nitrogens with two attached hydrogens (primary N) is 2. The van der Waals surface area contributed by atoms with Gasteiger partial charge in [-0.05, 0) is 23.6 Å². The molecule has 0 fully saturated rings. The van der Waals surface area contributed by atoms with Crippen molar-refractivity contribution < 1.29 is 0 Å². The summed E-state index contributed by atoms with van der Waals surface area (Å²) in [6.07, 6.45) is 1.10. The first-order chi connectivity index (χ1) is 6.31. The van der Waals surface area contributed by atoms with Crippen LogP contribution < -0.4 is 16.8 Å². The minimum absolute atomic E-state index is 0.0223. The molecular formula is C10H15N3. The lowest BCUT2D eigenvalue weighted by Gasteiger charge is -2.10. The maximum absolute atomic E-state index is 5.84. The van der Waals surface area contributed by atoms with Crippen molar-refractivity contribution in [2.45, 2.75) is 12.5 Å². The lowest BCUT2D eigenvalue weighted by atomic mass is 10.0. The predicted octanol–water partition coefficient (Wildman–Crippen LogP) is 0.613. The predicted molar refractivity (Wildman–Crippen MR) is 54.6 cm³/mol. The third-order valence-corrected chi connectivity index (χ3v) is 2.52. The summed E-state index contributed by atoms with van der Waals surface area (Å²) in [5.41, 5.74) is 15.1.